The summed E-state index contributed by atoms with van der Waals surface area (Å²) in [5.74, 6) is 7.86. The van der Waals surface area contributed by atoms with Gasteiger partial charge in [-0.05, 0) is 24.6 Å². The first-order chi connectivity index (χ1) is 14.1. The van der Waals surface area contributed by atoms with Crippen molar-refractivity contribution in [3.8, 4) is 34.7 Å². The number of nitrogens with zero attached hydrogens (tertiary/aromatic N) is 2. The number of methoxy groups -OCH3 is 2. The van der Waals surface area contributed by atoms with E-state index in [-0.39, 0.29) is 17.4 Å². The molecule has 1 aliphatic rings. The Hall–Kier alpha value is -3.86. The van der Waals surface area contributed by atoms with Crippen LogP contribution in [0.1, 0.15) is 23.5 Å². The van der Waals surface area contributed by atoms with E-state index in [1.807, 2.05) is 24.3 Å². The number of benzene rings is 1. The van der Waals surface area contributed by atoms with E-state index in [0.29, 0.717) is 11.6 Å². The highest BCUT2D eigenvalue weighted by atomic mass is 16.5. The van der Waals surface area contributed by atoms with Crippen molar-refractivity contribution in [1.29, 1.82) is 0 Å². The van der Waals surface area contributed by atoms with Crippen LogP contribution < -0.4 is 20.7 Å². The minimum absolute atomic E-state index is 0.128. The third-order valence-corrected chi connectivity index (χ3v) is 4.77. The molecule has 3 aromatic rings. The number of aromatic nitrogens is 4. The fourth-order valence-electron chi connectivity index (χ4n) is 3.17. The van der Waals surface area contributed by atoms with E-state index < -0.39 is 11.2 Å². The van der Waals surface area contributed by atoms with E-state index in [2.05, 4.69) is 32.0 Å². The Morgan fingerprint density at radius 1 is 1.14 bits per heavy atom. The van der Waals surface area contributed by atoms with Crippen molar-refractivity contribution in [2.75, 3.05) is 14.2 Å². The summed E-state index contributed by atoms with van der Waals surface area (Å²) in [4.78, 5) is 27.9. The Balaban J connectivity index is 1.63. The summed E-state index contributed by atoms with van der Waals surface area (Å²) in [6.07, 6.45) is 2.18. The monoisotopic (exact) mass is 390 g/mol. The second kappa shape index (κ2) is 7.64. The molecule has 2 N–H and O–H groups in total. The van der Waals surface area contributed by atoms with Gasteiger partial charge in [-0.25, -0.2) is 4.79 Å². The van der Waals surface area contributed by atoms with Crippen molar-refractivity contribution in [3.05, 3.63) is 68.5 Å². The second-order valence-electron chi connectivity index (χ2n) is 6.60. The highest BCUT2D eigenvalue weighted by Gasteiger charge is 2.40. The lowest BCUT2D eigenvalue weighted by Gasteiger charge is -2.07. The number of ether oxygens (including phenoxy) is 2. The molecule has 8 heteroatoms. The first-order valence-corrected chi connectivity index (χ1v) is 8.99. The Morgan fingerprint density at radius 2 is 1.97 bits per heavy atom. The third-order valence-electron chi connectivity index (χ3n) is 4.77. The summed E-state index contributed by atoms with van der Waals surface area (Å²) in [5.41, 5.74) is 1.17. The van der Waals surface area contributed by atoms with Gasteiger partial charge in [0.15, 0.2) is 0 Å². The molecule has 2 heterocycles. The third kappa shape index (κ3) is 3.75. The van der Waals surface area contributed by atoms with Gasteiger partial charge in [-0.3, -0.25) is 9.78 Å². The highest BCUT2D eigenvalue weighted by molar-refractivity contribution is 5.59. The zero-order valence-corrected chi connectivity index (χ0v) is 15.9. The second-order valence-corrected chi connectivity index (χ2v) is 6.60. The number of para-hydroxylation sites is 1. The van der Waals surface area contributed by atoms with Gasteiger partial charge >= 0.3 is 5.69 Å². The van der Waals surface area contributed by atoms with Gasteiger partial charge in [0.25, 0.3) is 5.56 Å². The smallest absolute Gasteiger partial charge is 0.325 e. The molecule has 0 spiro atoms. The molecule has 8 nitrogen and oxygen atoms in total. The molecule has 0 aliphatic heterocycles. The summed E-state index contributed by atoms with van der Waals surface area (Å²) in [6, 6.07) is 9.37. The molecular formula is C21H18N4O4. The minimum atomic E-state index is -0.575. The minimum Gasteiger partial charge on any atom is -0.495 e. The summed E-state index contributed by atoms with van der Waals surface area (Å²) in [7, 11) is 3.14. The van der Waals surface area contributed by atoms with E-state index in [4.69, 9.17) is 9.47 Å². The highest BCUT2D eigenvalue weighted by Crippen LogP contribution is 2.50. The summed E-state index contributed by atoms with van der Waals surface area (Å²) in [5, 5.41) is 8.15. The number of rotatable bonds is 4. The van der Waals surface area contributed by atoms with Gasteiger partial charge < -0.3 is 14.5 Å². The number of hydrogen-bond acceptors (Lipinski definition) is 6. The molecule has 29 heavy (non-hydrogen) atoms. The zero-order chi connectivity index (χ0) is 20.4. The van der Waals surface area contributed by atoms with Gasteiger partial charge in [-0.15, -0.1) is 10.2 Å². The molecule has 0 radical (unpaired) electrons. The number of aromatic amines is 2. The lowest BCUT2D eigenvalue weighted by Crippen LogP contribution is -2.23. The van der Waals surface area contributed by atoms with E-state index in [1.54, 1.807) is 13.2 Å². The normalized spacial score (nSPS) is 17.2. The molecule has 4 rings (SSSR count). The van der Waals surface area contributed by atoms with Crippen LogP contribution in [0.4, 0.5) is 0 Å². The van der Waals surface area contributed by atoms with Crippen molar-refractivity contribution < 1.29 is 9.47 Å². The fourth-order valence-corrected chi connectivity index (χ4v) is 3.17. The topological polar surface area (TPSA) is 110 Å². The maximum absolute atomic E-state index is 12.1. The summed E-state index contributed by atoms with van der Waals surface area (Å²) >= 11 is 0. The maximum atomic E-state index is 12.1. The van der Waals surface area contributed by atoms with Crippen LogP contribution >= 0.6 is 0 Å². The molecule has 0 saturated heterocycles. The molecule has 1 fully saturated rings. The Labute approximate surface area is 165 Å². The lowest BCUT2D eigenvalue weighted by molar-refractivity contribution is 0.386. The predicted molar refractivity (Wildman–Crippen MR) is 106 cm³/mol. The van der Waals surface area contributed by atoms with Gasteiger partial charge in [0, 0.05) is 23.6 Å². The SMILES string of the molecule is COc1ccccc1C#C[C@H]1C[C@@H]1c1cc(-c2c[nH]c(=O)[nH]c2=O)nnc1OC. The molecular weight excluding hydrogens is 372 g/mol. The van der Waals surface area contributed by atoms with Crippen LogP contribution in [0.2, 0.25) is 0 Å². The van der Waals surface area contributed by atoms with Crippen LogP contribution in [0.5, 0.6) is 11.6 Å². The van der Waals surface area contributed by atoms with Gasteiger partial charge in [-0.2, -0.15) is 0 Å². The van der Waals surface area contributed by atoms with E-state index in [1.165, 1.54) is 13.3 Å². The van der Waals surface area contributed by atoms with Crippen molar-refractivity contribution in [2.45, 2.75) is 12.3 Å². The molecule has 146 valence electrons. The molecule has 2 aromatic heterocycles. The van der Waals surface area contributed by atoms with Crippen molar-refractivity contribution in [2.24, 2.45) is 5.92 Å². The zero-order valence-electron chi connectivity index (χ0n) is 15.9. The number of H-pyrrole nitrogens is 2. The predicted octanol–water partition coefficient (Wildman–Crippen LogP) is 1.69. The van der Waals surface area contributed by atoms with Gasteiger partial charge in [0.05, 0.1) is 25.3 Å². The van der Waals surface area contributed by atoms with Crippen molar-refractivity contribution >= 4 is 0 Å². The van der Waals surface area contributed by atoms with Gasteiger partial charge in [0.2, 0.25) is 5.88 Å². The maximum Gasteiger partial charge on any atom is 0.325 e. The summed E-state index contributed by atoms with van der Waals surface area (Å²) < 4.78 is 10.7. The first kappa shape index (κ1) is 18.5. The van der Waals surface area contributed by atoms with Crippen LogP contribution in [-0.2, 0) is 0 Å². The first-order valence-electron chi connectivity index (χ1n) is 8.99. The molecule has 0 unspecified atom stereocenters. The molecule has 1 aliphatic carbocycles. The Kier molecular flexibility index (Phi) is 4.87. The number of nitrogens with one attached hydrogen (secondary N) is 2. The molecule has 1 aromatic carbocycles. The van der Waals surface area contributed by atoms with Gasteiger partial charge in [-0.1, -0.05) is 24.0 Å². The van der Waals surface area contributed by atoms with Crippen LogP contribution in [0.25, 0.3) is 11.3 Å². The average molecular weight is 390 g/mol. The van der Waals surface area contributed by atoms with E-state index in [9.17, 15) is 9.59 Å². The molecule has 1 saturated carbocycles. The van der Waals surface area contributed by atoms with Crippen LogP contribution in [0, 0.1) is 17.8 Å². The quantitative estimate of drug-likeness (QED) is 0.656. The van der Waals surface area contributed by atoms with Crippen molar-refractivity contribution in [1.82, 2.24) is 20.2 Å². The molecule has 0 amide bonds. The standard InChI is InChI=1S/C21H18N4O4/c1-28-18-6-4-3-5-12(18)7-8-13-9-14(13)15-10-17(24-25-20(15)29-2)16-11-22-21(27)23-19(16)26/h3-6,10-11,13-14H,9H2,1-2H3,(H2,22,23,26,27)/t13-,14-/m0/s1. The summed E-state index contributed by atoms with van der Waals surface area (Å²) in [6.45, 7) is 0. The Morgan fingerprint density at radius 3 is 2.72 bits per heavy atom. The Bertz CT molecular complexity index is 1240. The van der Waals surface area contributed by atoms with E-state index >= 15 is 0 Å². The fraction of sp³-hybridized carbons (Fsp3) is 0.238. The lowest BCUT2D eigenvalue weighted by atomic mass is 10.1. The van der Waals surface area contributed by atoms with Crippen LogP contribution in [-0.4, -0.2) is 34.4 Å². The van der Waals surface area contributed by atoms with Crippen LogP contribution in [0.3, 0.4) is 0 Å². The van der Waals surface area contributed by atoms with Crippen LogP contribution in [0.15, 0.2) is 46.1 Å². The van der Waals surface area contributed by atoms with Crippen molar-refractivity contribution in [3.63, 3.8) is 0 Å². The van der Waals surface area contributed by atoms with E-state index in [0.717, 1.165) is 23.3 Å². The largest absolute Gasteiger partial charge is 0.495 e. The molecule has 2 atom stereocenters. The van der Waals surface area contributed by atoms with Gasteiger partial charge in [0.1, 0.15) is 11.4 Å². The average Bonchev–Trinajstić information content (AvgIpc) is 3.51. The number of hydrogen-bond donors (Lipinski definition) is 2. The molecule has 0 bridgehead atoms.